The van der Waals surface area contributed by atoms with Crippen molar-refractivity contribution in [3.05, 3.63) is 0 Å². The van der Waals surface area contributed by atoms with E-state index in [0.29, 0.717) is 0 Å². The number of hydrogen-bond acceptors (Lipinski definition) is 9. The molecule has 0 saturated carbocycles. The molecule has 152 valence electrons. The molecule has 0 saturated heterocycles. The Morgan fingerprint density at radius 2 is 1.73 bits per heavy atom. The first kappa shape index (κ1) is 24.1. The second kappa shape index (κ2) is 9.69. The Morgan fingerprint density at radius 3 is 2.19 bits per heavy atom. The molecule has 11 nitrogen and oxygen atoms in total. The molecule has 0 aromatic heterocycles. The fourth-order valence-corrected chi connectivity index (χ4v) is 2.79. The van der Waals surface area contributed by atoms with Gasteiger partial charge in [0.05, 0.1) is 19.5 Å². The SMILES string of the molecule is COC(=O)OC[C@@](O)(C(=O)O)C(C)(C)COS(=O)(=O)CCCNC(C)=O. The summed E-state index contributed by atoms with van der Waals surface area (Å²) in [5.74, 6) is -2.44. The van der Waals surface area contributed by atoms with Crippen LogP contribution in [0.5, 0.6) is 0 Å². The van der Waals surface area contributed by atoms with Gasteiger partial charge >= 0.3 is 12.1 Å². The zero-order valence-corrected chi connectivity index (χ0v) is 15.9. The maximum atomic E-state index is 11.9. The van der Waals surface area contributed by atoms with E-state index in [1.807, 2.05) is 0 Å². The summed E-state index contributed by atoms with van der Waals surface area (Å²) >= 11 is 0. The average Bonchev–Trinajstić information content (AvgIpc) is 2.54. The number of hydrogen-bond donors (Lipinski definition) is 3. The maximum Gasteiger partial charge on any atom is 0.508 e. The minimum Gasteiger partial charge on any atom is -0.479 e. The summed E-state index contributed by atoms with van der Waals surface area (Å²) in [6.45, 7) is 2.27. The molecule has 0 aromatic carbocycles. The molecule has 3 N–H and O–H groups in total. The van der Waals surface area contributed by atoms with E-state index in [-0.39, 0.29) is 18.9 Å². The number of methoxy groups -OCH3 is 1. The van der Waals surface area contributed by atoms with Crippen molar-refractivity contribution in [3.63, 3.8) is 0 Å². The smallest absolute Gasteiger partial charge is 0.479 e. The van der Waals surface area contributed by atoms with Gasteiger partial charge in [0, 0.05) is 18.9 Å². The standard InChI is InChI=1S/C14H25NO10S/c1-10(16)15-6-5-7-26(21,22)25-8-13(2,3)14(20,11(17)18)9-24-12(19)23-4/h20H,5-9H2,1-4H3,(H,15,16)(H,17,18)/t14-/m1/s1. The zero-order chi connectivity index (χ0) is 20.6. The molecule has 0 radical (unpaired) electrons. The number of amides is 1. The monoisotopic (exact) mass is 399 g/mol. The van der Waals surface area contributed by atoms with Crippen molar-refractivity contribution in [1.82, 2.24) is 5.32 Å². The van der Waals surface area contributed by atoms with Crippen molar-refractivity contribution < 1.29 is 46.7 Å². The van der Waals surface area contributed by atoms with E-state index in [2.05, 4.69) is 14.8 Å². The van der Waals surface area contributed by atoms with Crippen LogP contribution in [-0.2, 0) is 33.4 Å². The highest BCUT2D eigenvalue weighted by Crippen LogP contribution is 2.33. The van der Waals surface area contributed by atoms with Gasteiger partial charge < -0.3 is 25.0 Å². The second-order valence-corrected chi connectivity index (χ2v) is 7.91. The molecule has 0 aliphatic heterocycles. The molecule has 0 rings (SSSR count). The summed E-state index contributed by atoms with van der Waals surface area (Å²) < 4.78 is 37.2. The molecule has 1 atom stereocenters. The third-order valence-corrected chi connectivity index (χ3v) is 4.85. The third kappa shape index (κ3) is 7.54. The van der Waals surface area contributed by atoms with Crippen molar-refractivity contribution in [2.24, 2.45) is 5.41 Å². The van der Waals surface area contributed by atoms with Crippen LogP contribution < -0.4 is 5.32 Å². The molecular formula is C14H25NO10S. The van der Waals surface area contributed by atoms with E-state index in [1.54, 1.807) is 0 Å². The van der Waals surface area contributed by atoms with Crippen molar-refractivity contribution >= 4 is 28.1 Å². The van der Waals surface area contributed by atoms with Crippen LogP contribution >= 0.6 is 0 Å². The first-order valence-electron chi connectivity index (χ1n) is 7.55. The Kier molecular flexibility index (Phi) is 8.97. The van der Waals surface area contributed by atoms with E-state index >= 15 is 0 Å². The average molecular weight is 399 g/mol. The minimum atomic E-state index is -4.02. The van der Waals surface area contributed by atoms with E-state index in [9.17, 15) is 33.0 Å². The van der Waals surface area contributed by atoms with Gasteiger partial charge in [0.15, 0.2) is 0 Å². The van der Waals surface area contributed by atoms with E-state index in [4.69, 9.17) is 4.18 Å². The molecule has 0 aromatic rings. The minimum absolute atomic E-state index is 0.0942. The van der Waals surface area contributed by atoms with Gasteiger partial charge in [-0.2, -0.15) is 8.42 Å². The Balaban J connectivity index is 4.91. The van der Waals surface area contributed by atoms with Crippen LogP contribution in [0.25, 0.3) is 0 Å². The van der Waals surface area contributed by atoms with Gasteiger partial charge in [-0.15, -0.1) is 0 Å². The quantitative estimate of drug-likeness (QED) is 0.234. The van der Waals surface area contributed by atoms with E-state index in [1.165, 1.54) is 20.8 Å². The number of aliphatic carboxylic acids is 1. The van der Waals surface area contributed by atoms with Gasteiger partial charge in [-0.05, 0) is 6.42 Å². The molecule has 0 aliphatic rings. The highest BCUT2D eigenvalue weighted by molar-refractivity contribution is 7.86. The number of carboxylic acids is 1. The first-order chi connectivity index (χ1) is 11.8. The zero-order valence-electron chi connectivity index (χ0n) is 15.1. The lowest BCUT2D eigenvalue weighted by Gasteiger charge is -2.37. The normalized spacial score (nSPS) is 14.2. The summed E-state index contributed by atoms with van der Waals surface area (Å²) in [5.41, 5.74) is -4.26. The lowest BCUT2D eigenvalue weighted by molar-refractivity contribution is -0.184. The van der Waals surface area contributed by atoms with Crippen LogP contribution in [0.4, 0.5) is 4.79 Å². The second-order valence-electron chi connectivity index (χ2n) is 6.15. The van der Waals surface area contributed by atoms with Crippen LogP contribution in [0.15, 0.2) is 0 Å². The van der Waals surface area contributed by atoms with Gasteiger partial charge in [0.1, 0.15) is 6.61 Å². The highest BCUT2D eigenvalue weighted by Gasteiger charge is 2.52. The van der Waals surface area contributed by atoms with Crippen molar-refractivity contribution in [1.29, 1.82) is 0 Å². The molecular weight excluding hydrogens is 374 g/mol. The van der Waals surface area contributed by atoms with Crippen molar-refractivity contribution in [3.8, 4) is 0 Å². The molecule has 0 heterocycles. The lowest BCUT2D eigenvalue weighted by Crippen LogP contribution is -2.57. The Morgan fingerprint density at radius 1 is 1.15 bits per heavy atom. The topological polar surface area (TPSA) is 166 Å². The van der Waals surface area contributed by atoms with Crippen LogP contribution in [0, 0.1) is 5.41 Å². The molecule has 0 unspecified atom stereocenters. The number of carboxylic acid groups (broad SMARTS) is 1. The fourth-order valence-electron chi connectivity index (χ4n) is 1.70. The summed E-state index contributed by atoms with van der Waals surface area (Å²) in [5, 5.41) is 22.1. The molecule has 1 amide bonds. The van der Waals surface area contributed by atoms with E-state index < -0.39 is 52.2 Å². The number of ether oxygens (including phenoxy) is 2. The molecule has 12 heteroatoms. The third-order valence-electron chi connectivity index (χ3n) is 3.58. The molecule has 26 heavy (non-hydrogen) atoms. The van der Waals surface area contributed by atoms with Crippen LogP contribution in [0.1, 0.15) is 27.2 Å². The number of carbonyl (C=O) groups is 3. The molecule has 0 aliphatic carbocycles. The van der Waals surface area contributed by atoms with Gasteiger partial charge in [-0.1, -0.05) is 13.8 Å². The Hall–Kier alpha value is -1.92. The van der Waals surface area contributed by atoms with Gasteiger partial charge in [-0.3, -0.25) is 8.98 Å². The van der Waals surface area contributed by atoms with Crippen molar-refractivity contribution in [2.75, 3.05) is 32.6 Å². The summed E-state index contributed by atoms with van der Waals surface area (Å²) in [7, 11) is -3.02. The first-order valence-corrected chi connectivity index (χ1v) is 9.13. The number of nitrogens with one attached hydrogen (secondary N) is 1. The van der Waals surface area contributed by atoms with Crippen molar-refractivity contribution in [2.45, 2.75) is 32.8 Å². The van der Waals surface area contributed by atoms with Crippen LogP contribution in [-0.4, -0.2) is 74.9 Å². The number of carbonyl (C=O) groups excluding carboxylic acids is 2. The van der Waals surface area contributed by atoms with E-state index in [0.717, 1.165) is 7.11 Å². The summed E-state index contributed by atoms with van der Waals surface area (Å²) in [4.78, 5) is 33.2. The van der Waals surface area contributed by atoms with Gasteiger partial charge in [0.2, 0.25) is 11.5 Å². The van der Waals surface area contributed by atoms with Crippen LogP contribution in [0.3, 0.4) is 0 Å². The summed E-state index contributed by atoms with van der Waals surface area (Å²) in [6.07, 6.45) is -1.11. The largest absolute Gasteiger partial charge is 0.508 e. The molecule has 0 bridgehead atoms. The number of rotatable bonds is 11. The maximum absolute atomic E-state index is 11.9. The van der Waals surface area contributed by atoms with Gasteiger partial charge in [0.25, 0.3) is 10.1 Å². The number of aliphatic hydroxyl groups is 1. The Labute approximate surface area is 151 Å². The van der Waals surface area contributed by atoms with Gasteiger partial charge in [-0.25, -0.2) is 9.59 Å². The predicted octanol–water partition coefficient (Wildman–Crippen LogP) is -0.516. The lowest BCUT2D eigenvalue weighted by atomic mass is 9.76. The molecule has 0 spiro atoms. The van der Waals surface area contributed by atoms with Crippen LogP contribution in [0.2, 0.25) is 0 Å². The fraction of sp³-hybridized carbons (Fsp3) is 0.786. The Bertz CT molecular complexity index is 615. The predicted molar refractivity (Wildman–Crippen MR) is 87.8 cm³/mol. The highest BCUT2D eigenvalue weighted by atomic mass is 32.2. The molecule has 0 fully saturated rings. The summed E-state index contributed by atoms with van der Waals surface area (Å²) in [6, 6.07) is 0.